The fourth-order valence-electron chi connectivity index (χ4n) is 2.88. The van der Waals surface area contributed by atoms with Crippen LogP contribution in [0.5, 0.6) is 11.5 Å². The molecule has 8 heteroatoms. The van der Waals surface area contributed by atoms with Crippen LogP contribution in [0.3, 0.4) is 0 Å². The Balaban J connectivity index is 2.29. The number of ketones is 2. The molecule has 0 amide bonds. The molecule has 0 bridgehead atoms. The minimum absolute atomic E-state index is 0.000731. The number of carbonyl (C=O) groups is 4. The van der Waals surface area contributed by atoms with Gasteiger partial charge in [0, 0.05) is 25.0 Å². The van der Waals surface area contributed by atoms with Gasteiger partial charge in [-0.25, -0.2) is 0 Å². The van der Waals surface area contributed by atoms with Gasteiger partial charge in [-0.3, -0.25) is 19.2 Å². The summed E-state index contributed by atoms with van der Waals surface area (Å²) in [4.78, 5) is 49.1. The SMILES string of the molecule is CC(=O)Oc1cccc2c1C(=O)c1cc(C(Br)Br)cc(OC(C)=O)c1C2=O. The van der Waals surface area contributed by atoms with Crippen molar-refractivity contribution in [3.8, 4) is 11.5 Å². The van der Waals surface area contributed by atoms with E-state index in [0.717, 1.165) is 0 Å². The summed E-state index contributed by atoms with van der Waals surface area (Å²) in [5, 5.41) is 0. The lowest BCUT2D eigenvalue weighted by molar-refractivity contribution is -0.132. The smallest absolute Gasteiger partial charge is 0.308 e. The molecule has 6 nitrogen and oxygen atoms in total. The highest BCUT2D eigenvalue weighted by Crippen LogP contribution is 2.41. The molecule has 0 heterocycles. The number of benzene rings is 2. The zero-order chi connectivity index (χ0) is 19.9. The van der Waals surface area contributed by atoms with Gasteiger partial charge in [-0.2, -0.15) is 0 Å². The van der Waals surface area contributed by atoms with Crippen LogP contribution in [-0.4, -0.2) is 23.5 Å². The van der Waals surface area contributed by atoms with Crippen molar-refractivity contribution in [2.75, 3.05) is 0 Å². The van der Waals surface area contributed by atoms with Crippen LogP contribution in [0.4, 0.5) is 0 Å². The minimum atomic E-state index is -0.616. The molecule has 3 rings (SSSR count). The highest BCUT2D eigenvalue weighted by Gasteiger charge is 2.36. The summed E-state index contributed by atoms with van der Waals surface area (Å²) in [6.45, 7) is 2.42. The van der Waals surface area contributed by atoms with E-state index in [2.05, 4.69) is 31.9 Å². The van der Waals surface area contributed by atoms with E-state index in [4.69, 9.17) is 9.47 Å². The van der Waals surface area contributed by atoms with E-state index in [1.165, 1.54) is 44.2 Å². The molecule has 0 radical (unpaired) electrons. The summed E-state index contributed by atoms with van der Waals surface area (Å²) in [5.41, 5.74) is 0.759. The van der Waals surface area contributed by atoms with Gasteiger partial charge in [0.05, 0.1) is 14.9 Å². The number of alkyl halides is 2. The highest BCUT2D eigenvalue weighted by molar-refractivity contribution is 9.24. The molecule has 0 unspecified atom stereocenters. The van der Waals surface area contributed by atoms with Gasteiger partial charge in [0.2, 0.25) is 0 Å². The molecule has 2 aromatic carbocycles. The molecule has 0 saturated heterocycles. The molecule has 1 aliphatic carbocycles. The minimum Gasteiger partial charge on any atom is -0.426 e. The summed E-state index contributed by atoms with van der Waals surface area (Å²) < 4.78 is 9.96. The number of esters is 2. The van der Waals surface area contributed by atoms with E-state index in [1.807, 2.05) is 0 Å². The molecule has 1 aliphatic rings. The third-order valence-corrected chi connectivity index (χ3v) is 4.91. The number of halogens is 2. The van der Waals surface area contributed by atoms with Crippen molar-refractivity contribution in [2.45, 2.75) is 17.6 Å². The predicted molar refractivity (Wildman–Crippen MR) is 103 cm³/mol. The van der Waals surface area contributed by atoms with Gasteiger partial charge >= 0.3 is 11.9 Å². The van der Waals surface area contributed by atoms with Crippen LogP contribution in [0.25, 0.3) is 0 Å². The second kappa shape index (κ2) is 7.36. The Bertz CT molecular complexity index is 1010. The molecule has 0 N–H and O–H groups in total. The van der Waals surface area contributed by atoms with Crippen LogP contribution in [0.2, 0.25) is 0 Å². The molecule has 2 aromatic rings. The quantitative estimate of drug-likeness (QED) is 0.309. The van der Waals surface area contributed by atoms with Gasteiger partial charge in [0.15, 0.2) is 11.6 Å². The lowest BCUT2D eigenvalue weighted by Gasteiger charge is -2.22. The summed E-state index contributed by atoms with van der Waals surface area (Å²) in [5.74, 6) is -2.19. The van der Waals surface area contributed by atoms with Crippen molar-refractivity contribution in [3.05, 3.63) is 58.1 Å². The highest BCUT2D eigenvalue weighted by atomic mass is 79.9. The summed E-state index contributed by atoms with van der Waals surface area (Å²) in [6, 6.07) is 7.48. The summed E-state index contributed by atoms with van der Waals surface area (Å²) in [6.07, 6.45) is 0. The second-order valence-corrected chi connectivity index (χ2v) is 8.83. The average molecular weight is 496 g/mol. The van der Waals surface area contributed by atoms with Crippen LogP contribution in [0.15, 0.2) is 30.3 Å². The first kappa shape index (κ1) is 19.4. The predicted octanol–water partition coefficient (Wildman–Crippen LogP) is 4.10. The van der Waals surface area contributed by atoms with Crippen LogP contribution in [-0.2, 0) is 9.59 Å². The molecule has 0 fully saturated rings. The standard InChI is InChI=1S/C19H12Br2O6/c1-8(22)26-13-5-3-4-11-15(13)18(25)12-6-10(19(20)21)7-14(27-9(2)23)16(12)17(11)24/h3-7,19H,1-2H3. The van der Waals surface area contributed by atoms with Gasteiger partial charge < -0.3 is 9.47 Å². The first-order chi connectivity index (χ1) is 12.7. The van der Waals surface area contributed by atoms with Crippen molar-refractivity contribution in [3.63, 3.8) is 0 Å². The Labute approximate surface area is 171 Å². The maximum Gasteiger partial charge on any atom is 0.308 e. The Morgan fingerprint density at radius 1 is 0.852 bits per heavy atom. The lowest BCUT2D eigenvalue weighted by atomic mass is 9.82. The third-order valence-electron chi connectivity index (χ3n) is 3.85. The number of fused-ring (bicyclic) bond motifs is 2. The summed E-state index contributed by atoms with van der Waals surface area (Å²) in [7, 11) is 0. The fourth-order valence-corrected chi connectivity index (χ4v) is 3.40. The van der Waals surface area contributed by atoms with E-state index in [-0.39, 0.29) is 37.5 Å². The van der Waals surface area contributed by atoms with Gasteiger partial charge in [-0.1, -0.05) is 44.0 Å². The monoisotopic (exact) mass is 494 g/mol. The topological polar surface area (TPSA) is 86.7 Å². The van der Waals surface area contributed by atoms with Crippen LogP contribution in [0.1, 0.15) is 55.0 Å². The molecular weight excluding hydrogens is 484 g/mol. The third kappa shape index (κ3) is 3.59. The molecule has 0 saturated carbocycles. The molecule has 0 aromatic heterocycles. The number of hydrogen-bond acceptors (Lipinski definition) is 6. The number of ether oxygens (including phenoxy) is 2. The van der Waals surface area contributed by atoms with E-state index in [1.54, 1.807) is 0 Å². The van der Waals surface area contributed by atoms with Crippen molar-refractivity contribution < 1.29 is 28.7 Å². The van der Waals surface area contributed by atoms with Gasteiger partial charge in [0.1, 0.15) is 11.5 Å². The zero-order valence-corrected chi connectivity index (χ0v) is 17.3. The van der Waals surface area contributed by atoms with Gasteiger partial charge in [0.25, 0.3) is 0 Å². The van der Waals surface area contributed by atoms with Crippen molar-refractivity contribution in [1.29, 1.82) is 0 Å². The molecule has 138 valence electrons. The normalized spacial score (nSPS) is 12.5. The van der Waals surface area contributed by atoms with Crippen molar-refractivity contribution in [1.82, 2.24) is 0 Å². The van der Waals surface area contributed by atoms with Gasteiger partial charge in [-0.05, 0) is 23.8 Å². The molecular formula is C19H12Br2O6. The lowest BCUT2D eigenvalue weighted by Crippen LogP contribution is -2.24. The molecule has 0 atom stereocenters. The van der Waals surface area contributed by atoms with Crippen LogP contribution in [0, 0.1) is 0 Å². The van der Waals surface area contributed by atoms with Gasteiger partial charge in [-0.15, -0.1) is 0 Å². The number of carbonyl (C=O) groups excluding carboxylic acids is 4. The molecule has 27 heavy (non-hydrogen) atoms. The van der Waals surface area contributed by atoms with Crippen LogP contribution >= 0.6 is 31.9 Å². The molecule has 0 spiro atoms. The molecule has 0 aliphatic heterocycles. The Morgan fingerprint density at radius 3 is 2.00 bits per heavy atom. The Kier molecular flexibility index (Phi) is 5.30. The number of hydrogen-bond donors (Lipinski definition) is 0. The van der Waals surface area contributed by atoms with E-state index in [0.29, 0.717) is 5.56 Å². The largest absolute Gasteiger partial charge is 0.426 e. The first-order valence-corrected chi connectivity index (χ1v) is 9.59. The average Bonchev–Trinajstić information content (AvgIpc) is 2.57. The Hall–Kier alpha value is -2.32. The second-order valence-electron chi connectivity index (χ2n) is 5.77. The zero-order valence-electron chi connectivity index (χ0n) is 14.2. The maximum absolute atomic E-state index is 13.2. The van der Waals surface area contributed by atoms with E-state index >= 15 is 0 Å². The maximum atomic E-state index is 13.2. The Morgan fingerprint density at radius 2 is 1.41 bits per heavy atom. The van der Waals surface area contributed by atoms with E-state index in [9.17, 15) is 19.2 Å². The number of rotatable bonds is 3. The van der Waals surface area contributed by atoms with E-state index < -0.39 is 23.5 Å². The fraction of sp³-hybridized carbons (Fsp3) is 0.158. The summed E-state index contributed by atoms with van der Waals surface area (Å²) >= 11 is 6.67. The first-order valence-electron chi connectivity index (χ1n) is 7.76. The van der Waals surface area contributed by atoms with Crippen molar-refractivity contribution in [2.24, 2.45) is 0 Å². The van der Waals surface area contributed by atoms with Crippen molar-refractivity contribution >= 4 is 55.4 Å². The van der Waals surface area contributed by atoms with Crippen LogP contribution < -0.4 is 9.47 Å².